The molecule has 2 N–H and O–H groups in total. The van der Waals surface area contributed by atoms with Gasteiger partial charge in [0.05, 0.1) is 12.8 Å². The predicted molar refractivity (Wildman–Crippen MR) is 73.6 cm³/mol. The third-order valence-corrected chi connectivity index (χ3v) is 4.39. The van der Waals surface area contributed by atoms with Gasteiger partial charge >= 0.3 is 0 Å². The molecule has 1 aromatic carbocycles. The Balaban J connectivity index is 2.63. The molecule has 0 saturated heterocycles. The maximum Gasteiger partial charge on any atom is 0.141 e. The number of rotatable bonds is 6. The van der Waals surface area contributed by atoms with E-state index in [1.54, 1.807) is 7.11 Å². The standard InChI is InChI=1S/C13H21NO2S/c1-4-10(2)8-17(15)9-11-5-6-13(16-3)12(14)7-11/h5-7,10H,4,8-9,14H2,1-3H3. The third kappa shape index (κ3) is 4.38. The summed E-state index contributed by atoms with van der Waals surface area (Å²) in [6.45, 7) is 4.24. The van der Waals surface area contributed by atoms with Crippen molar-refractivity contribution < 1.29 is 8.95 Å². The summed E-state index contributed by atoms with van der Waals surface area (Å²) >= 11 is 0. The first kappa shape index (κ1) is 14.0. The van der Waals surface area contributed by atoms with Crippen LogP contribution in [0.15, 0.2) is 18.2 Å². The first-order chi connectivity index (χ1) is 8.06. The number of nitrogens with two attached hydrogens (primary N) is 1. The predicted octanol–water partition coefficient (Wildman–Crippen LogP) is 2.57. The molecule has 0 bridgehead atoms. The van der Waals surface area contributed by atoms with Crippen molar-refractivity contribution in [1.29, 1.82) is 0 Å². The highest BCUT2D eigenvalue weighted by molar-refractivity contribution is 7.84. The molecule has 1 rings (SSSR count). The van der Waals surface area contributed by atoms with Crippen LogP contribution >= 0.6 is 0 Å². The average Bonchev–Trinajstić information content (AvgIpc) is 2.29. The second-order valence-corrected chi connectivity index (χ2v) is 5.84. The van der Waals surface area contributed by atoms with Crippen molar-refractivity contribution in [2.75, 3.05) is 18.6 Å². The van der Waals surface area contributed by atoms with E-state index in [0.717, 1.165) is 17.7 Å². The minimum atomic E-state index is -0.814. The van der Waals surface area contributed by atoms with Gasteiger partial charge in [-0.3, -0.25) is 4.21 Å². The summed E-state index contributed by atoms with van der Waals surface area (Å²) in [5.74, 6) is 2.49. The van der Waals surface area contributed by atoms with Crippen LogP contribution in [0.2, 0.25) is 0 Å². The summed E-state index contributed by atoms with van der Waals surface area (Å²) in [5.41, 5.74) is 7.42. The first-order valence-electron chi connectivity index (χ1n) is 5.84. The monoisotopic (exact) mass is 255 g/mol. The normalized spacial score (nSPS) is 14.3. The van der Waals surface area contributed by atoms with Gasteiger partial charge in [-0.05, 0) is 23.6 Å². The number of anilines is 1. The molecule has 0 amide bonds. The van der Waals surface area contributed by atoms with E-state index in [0.29, 0.717) is 23.1 Å². The quantitative estimate of drug-likeness (QED) is 0.795. The van der Waals surface area contributed by atoms with Gasteiger partial charge in [-0.25, -0.2) is 0 Å². The molecule has 4 heteroatoms. The second-order valence-electron chi connectivity index (χ2n) is 4.34. The maximum atomic E-state index is 11.9. The van der Waals surface area contributed by atoms with Crippen molar-refractivity contribution in [2.24, 2.45) is 5.92 Å². The lowest BCUT2D eigenvalue weighted by molar-refractivity contribution is 0.417. The van der Waals surface area contributed by atoms with Crippen molar-refractivity contribution >= 4 is 16.5 Å². The Morgan fingerprint density at radius 1 is 1.47 bits per heavy atom. The molecule has 0 spiro atoms. The molecule has 0 radical (unpaired) electrons. The van der Waals surface area contributed by atoms with Gasteiger partial charge < -0.3 is 10.5 Å². The molecule has 17 heavy (non-hydrogen) atoms. The Hall–Kier alpha value is -1.03. The van der Waals surface area contributed by atoms with E-state index in [9.17, 15) is 4.21 Å². The molecule has 2 atom stereocenters. The highest BCUT2D eigenvalue weighted by atomic mass is 32.2. The van der Waals surface area contributed by atoms with Crippen molar-refractivity contribution in [2.45, 2.75) is 26.0 Å². The van der Waals surface area contributed by atoms with Gasteiger partial charge in [0.1, 0.15) is 5.75 Å². The van der Waals surface area contributed by atoms with Crippen LogP contribution in [0, 0.1) is 5.92 Å². The van der Waals surface area contributed by atoms with Crippen LogP contribution in [-0.4, -0.2) is 17.1 Å². The van der Waals surface area contributed by atoms with Gasteiger partial charge in [0.15, 0.2) is 0 Å². The summed E-state index contributed by atoms with van der Waals surface area (Å²) in [7, 11) is 0.776. The minimum Gasteiger partial charge on any atom is -0.495 e. The van der Waals surface area contributed by atoms with Crippen LogP contribution in [0.5, 0.6) is 5.75 Å². The summed E-state index contributed by atoms with van der Waals surface area (Å²) in [4.78, 5) is 0. The maximum absolute atomic E-state index is 11.9. The van der Waals surface area contributed by atoms with Gasteiger partial charge in [0.25, 0.3) is 0 Å². The van der Waals surface area contributed by atoms with Crippen LogP contribution in [0.1, 0.15) is 25.8 Å². The number of nitrogen functional groups attached to an aromatic ring is 1. The second kappa shape index (κ2) is 6.64. The van der Waals surface area contributed by atoms with E-state index in [1.807, 2.05) is 18.2 Å². The van der Waals surface area contributed by atoms with Crippen LogP contribution < -0.4 is 10.5 Å². The highest BCUT2D eigenvalue weighted by Crippen LogP contribution is 2.22. The third-order valence-electron chi connectivity index (χ3n) is 2.79. The molecule has 1 aromatic rings. The zero-order valence-electron chi connectivity index (χ0n) is 10.7. The summed E-state index contributed by atoms with van der Waals surface area (Å²) < 4.78 is 17.0. The van der Waals surface area contributed by atoms with Gasteiger partial charge in [-0.2, -0.15) is 0 Å². The number of ether oxygens (including phenoxy) is 1. The molecule has 0 aromatic heterocycles. The fraction of sp³-hybridized carbons (Fsp3) is 0.538. The van der Waals surface area contributed by atoms with Crippen LogP contribution in [0.3, 0.4) is 0 Å². The largest absolute Gasteiger partial charge is 0.495 e. The molecular weight excluding hydrogens is 234 g/mol. The zero-order valence-corrected chi connectivity index (χ0v) is 11.5. The molecule has 0 aliphatic rings. The fourth-order valence-corrected chi connectivity index (χ4v) is 3.09. The topological polar surface area (TPSA) is 52.3 Å². The van der Waals surface area contributed by atoms with E-state index in [1.165, 1.54) is 0 Å². The molecule has 0 heterocycles. The Morgan fingerprint density at radius 2 is 2.18 bits per heavy atom. The van der Waals surface area contributed by atoms with Crippen LogP contribution in [-0.2, 0) is 16.6 Å². The lowest BCUT2D eigenvalue weighted by atomic mass is 10.2. The van der Waals surface area contributed by atoms with Crippen molar-refractivity contribution in [1.82, 2.24) is 0 Å². The summed E-state index contributed by atoms with van der Waals surface area (Å²) in [5, 5.41) is 0. The number of hydrogen-bond acceptors (Lipinski definition) is 3. The molecule has 96 valence electrons. The summed E-state index contributed by atoms with van der Waals surface area (Å²) in [6.07, 6.45) is 1.07. The zero-order chi connectivity index (χ0) is 12.8. The van der Waals surface area contributed by atoms with E-state index in [2.05, 4.69) is 13.8 Å². The number of benzene rings is 1. The molecule has 0 aliphatic heterocycles. The average molecular weight is 255 g/mol. The lowest BCUT2D eigenvalue weighted by Crippen LogP contribution is -2.09. The van der Waals surface area contributed by atoms with E-state index < -0.39 is 10.8 Å². The SMILES string of the molecule is CCC(C)CS(=O)Cc1ccc(OC)c(N)c1. The Bertz CT molecular complexity index is 393. The van der Waals surface area contributed by atoms with Crippen molar-refractivity contribution in [3.63, 3.8) is 0 Å². The molecule has 3 nitrogen and oxygen atoms in total. The van der Waals surface area contributed by atoms with Gasteiger partial charge in [0, 0.05) is 22.3 Å². The van der Waals surface area contributed by atoms with Gasteiger partial charge in [-0.1, -0.05) is 26.3 Å². The number of hydrogen-bond donors (Lipinski definition) is 1. The smallest absolute Gasteiger partial charge is 0.141 e. The Kier molecular flexibility index (Phi) is 5.48. The first-order valence-corrected chi connectivity index (χ1v) is 7.33. The lowest BCUT2D eigenvalue weighted by Gasteiger charge is -2.09. The fourth-order valence-electron chi connectivity index (χ4n) is 1.55. The van der Waals surface area contributed by atoms with Crippen LogP contribution in [0.4, 0.5) is 5.69 Å². The molecule has 0 fully saturated rings. The molecule has 0 saturated carbocycles. The van der Waals surface area contributed by atoms with Crippen molar-refractivity contribution in [3.8, 4) is 5.75 Å². The Labute approximate surface area is 106 Å². The number of methoxy groups -OCH3 is 1. The summed E-state index contributed by atoms with van der Waals surface area (Å²) in [6, 6.07) is 5.59. The Morgan fingerprint density at radius 3 is 2.71 bits per heavy atom. The minimum absolute atomic E-state index is 0.506. The van der Waals surface area contributed by atoms with E-state index in [4.69, 9.17) is 10.5 Å². The molecule has 0 aliphatic carbocycles. The molecular formula is C13H21NO2S. The van der Waals surface area contributed by atoms with E-state index >= 15 is 0 Å². The molecule has 2 unspecified atom stereocenters. The van der Waals surface area contributed by atoms with Gasteiger partial charge in [0.2, 0.25) is 0 Å². The van der Waals surface area contributed by atoms with Crippen LogP contribution in [0.25, 0.3) is 0 Å². The highest BCUT2D eigenvalue weighted by Gasteiger charge is 2.08. The van der Waals surface area contributed by atoms with Gasteiger partial charge in [-0.15, -0.1) is 0 Å². The van der Waals surface area contributed by atoms with E-state index in [-0.39, 0.29) is 0 Å². The van der Waals surface area contributed by atoms with Crippen molar-refractivity contribution in [3.05, 3.63) is 23.8 Å².